The number of ketones is 1. The summed E-state index contributed by atoms with van der Waals surface area (Å²) in [5.74, 6) is -0.602. The zero-order valence-corrected chi connectivity index (χ0v) is 17.6. The maximum absolute atomic E-state index is 12.6. The number of benzene rings is 2. The van der Waals surface area contributed by atoms with Gasteiger partial charge in [0, 0.05) is 5.56 Å². The number of sulfonamides is 1. The molecule has 1 N–H and O–H groups in total. The molecule has 0 aromatic heterocycles. The smallest absolute Gasteiger partial charge is 0.241 e. The van der Waals surface area contributed by atoms with E-state index >= 15 is 0 Å². The van der Waals surface area contributed by atoms with E-state index in [9.17, 15) is 18.0 Å². The number of carbonyl (C=O) groups excluding carboxylic acids is 2. The summed E-state index contributed by atoms with van der Waals surface area (Å²) in [4.78, 5) is 24.2. The van der Waals surface area contributed by atoms with Crippen LogP contribution in [-0.4, -0.2) is 32.9 Å². The molecule has 0 bridgehead atoms. The molecule has 1 atom stereocenters. The minimum Gasteiger partial charge on any atom is -0.348 e. The topological polar surface area (TPSA) is 83.6 Å². The SMILES string of the molecule is CC(=O)c1cccc(N(CC(=O)NC(C)c2cc(C)ccc2C)S(C)(=O)=O)c1. The highest BCUT2D eigenvalue weighted by Gasteiger charge is 2.22. The van der Waals surface area contributed by atoms with Crippen molar-refractivity contribution in [1.82, 2.24) is 5.32 Å². The highest BCUT2D eigenvalue weighted by atomic mass is 32.2. The molecule has 0 aliphatic heterocycles. The van der Waals surface area contributed by atoms with Crippen molar-refractivity contribution in [3.8, 4) is 0 Å². The Hall–Kier alpha value is -2.67. The number of hydrogen-bond donors (Lipinski definition) is 1. The summed E-state index contributed by atoms with van der Waals surface area (Å²) in [6.45, 7) is 6.84. The van der Waals surface area contributed by atoms with E-state index in [-0.39, 0.29) is 24.1 Å². The molecule has 2 aromatic rings. The van der Waals surface area contributed by atoms with E-state index in [0.717, 1.165) is 27.3 Å². The molecule has 150 valence electrons. The highest BCUT2D eigenvalue weighted by Crippen LogP contribution is 2.21. The van der Waals surface area contributed by atoms with E-state index in [2.05, 4.69) is 5.32 Å². The molecule has 0 heterocycles. The number of carbonyl (C=O) groups is 2. The van der Waals surface area contributed by atoms with Gasteiger partial charge in [0.1, 0.15) is 6.54 Å². The number of aryl methyl sites for hydroxylation is 2. The standard InChI is InChI=1S/C21H26N2O4S/c1-14-9-10-15(2)20(11-14)16(3)22-21(25)13-23(28(5,26)27)19-8-6-7-18(12-19)17(4)24/h6-12,16H,13H2,1-5H3,(H,22,25). The first kappa shape index (κ1) is 21.6. The summed E-state index contributed by atoms with van der Waals surface area (Å²) in [7, 11) is -3.71. The fraction of sp³-hybridized carbons (Fsp3) is 0.333. The number of hydrogen-bond acceptors (Lipinski definition) is 4. The maximum Gasteiger partial charge on any atom is 0.241 e. The maximum atomic E-state index is 12.6. The first-order valence-electron chi connectivity index (χ1n) is 8.94. The van der Waals surface area contributed by atoms with Gasteiger partial charge in [0.05, 0.1) is 18.0 Å². The molecule has 0 spiro atoms. The van der Waals surface area contributed by atoms with Crippen molar-refractivity contribution < 1.29 is 18.0 Å². The first-order chi connectivity index (χ1) is 13.0. The largest absolute Gasteiger partial charge is 0.348 e. The molecule has 7 heteroatoms. The van der Waals surface area contributed by atoms with Crippen molar-refractivity contribution in [1.29, 1.82) is 0 Å². The van der Waals surface area contributed by atoms with E-state index < -0.39 is 15.9 Å². The molecule has 1 unspecified atom stereocenters. The van der Waals surface area contributed by atoms with Gasteiger partial charge in [-0.25, -0.2) is 8.42 Å². The lowest BCUT2D eigenvalue weighted by atomic mass is 10.00. The summed E-state index contributed by atoms with van der Waals surface area (Å²) in [5, 5.41) is 2.86. The minimum atomic E-state index is -3.71. The summed E-state index contributed by atoms with van der Waals surface area (Å²) < 4.78 is 25.5. The predicted molar refractivity (Wildman–Crippen MR) is 111 cm³/mol. The molecule has 0 radical (unpaired) electrons. The summed E-state index contributed by atoms with van der Waals surface area (Å²) in [5.41, 5.74) is 3.78. The lowest BCUT2D eigenvalue weighted by Crippen LogP contribution is -2.41. The van der Waals surface area contributed by atoms with Crippen LogP contribution in [0.2, 0.25) is 0 Å². The molecule has 0 saturated carbocycles. The number of Topliss-reactive ketones (excluding diaryl/α,β-unsaturated/α-hetero) is 1. The quantitative estimate of drug-likeness (QED) is 0.721. The molecule has 2 aromatic carbocycles. The van der Waals surface area contributed by atoms with Crippen molar-refractivity contribution >= 4 is 27.4 Å². The fourth-order valence-electron chi connectivity index (χ4n) is 3.00. The third-order valence-corrected chi connectivity index (χ3v) is 5.65. The van der Waals surface area contributed by atoms with Crippen LogP contribution in [0.15, 0.2) is 42.5 Å². The second kappa shape index (κ2) is 8.56. The number of rotatable bonds is 7. The second-order valence-corrected chi connectivity index (χ2v) is 8.93. The fourth-order valence-corrected chi connectivity index (χ4v) is 3.85. The predicted octanol–water partition coefficient (Wildman–Crippen LogP) is 3.15. The van der Waals surface area contributed by atoms with Crippen LogP contribution in [0.3, 0.4) is 0 Å². The lowest BCUT2D eigenvalue weighted by Gasteiger charge is -2.24. The van der Waals surface area contributed by atoms with Gasteiger partial charge >= 0.3 is 0 Å². The van der Waals surface area contributed by atoms with E-state index in [0.29, 0.717) is 5.56 Å². The first-order valence-corrected chi connectivity index (χ1v) is 10.8. The van der Waals surface area contributed by atoms with Gasteiger partial charge in [-0.1, -0.05) is 35.9 Å². The van der Waals surface area contributed by atoms with E-state index in [1.807, 2.05) is 39.0 Å². The highest BCUT2D eigenvalue weighted by molar-refractivity contribution is 7.92. The van der Waals surface area contributed by atoms with Crippen LogP contribution in [0, 0.1) is 13.8 Å². The molecule has 2 rings (SSSR count). The van der Waals surface area contributed by atoms with Crippen LogP contribution in [0.5, 0.6) is 0 Å². The average molecular weight is 403 g/mol. The summed E-state index contributed by atoms with van der Waals surface area (Å²) >= 11 is 0. The third-order valence-electron chi connectivity index (χ3n) is 4.51. The van der Waals surface area contributed by atoms with Gasteiger partial charge < -0.3 is 5.32 Å². The van der Waals surface area contributed by atoms with Crippen molar-refractivity contribution in [2.45, 2.75) is 33.7 Å². The van der Waals surface area contributed by atoms with Crippen LogP contribution in [0.25, 0.3) is 0 Å². The molecule has 0 fully saturated rings. The molecule has 0 aliphatic rings. The van der Waals surface area contributed by atoms with Crippen LogP contribution in [0.4, 0.5) is 5.69 Å². The number of amides is 1. The van der Waals surface area contributed by atoms with Gasteiger partial charge in [-0.2, -0.15) is 0 Å². The van der Waals surface area contributed by atoms with E-state index in [4.69, 9.17) is 0 Å². The normalized spacial score (nSPS) is 12.3. The van der Waals surface area contributed by atoms with E-state index in [1.54, 1.807) is 18.2 Å². The van der Waals surface area contributed by atoms with Crippen LogP contribution >= 0.6 is 0 Å². The second-order valence-electron chi connectivity index (χ2n) is 7.03. The zero-order valence-electron chi connectivity index (χ0n) is 16.8. The molecule has 6 nitrogen and oxygen atoms in total. The van der Waals surface area contributed by atoms with Crippen molar-refractivity contribution in [2.75, 3.05) is 17.1 Å². The monoisotopic (exact) mass is 402 g/mol. The number of anilines is 1. The van der Waals surface area contributed by atoms with Gasteiger partial charge in [-0.3, -0.25) is 13.9 Å². The molecule has 28 heavy (non-hydrogen) atoms. The summed E-state index contributed by atoms with van der Waals surface area (Å²) in [6, 6.07) is 12.0. The Morgan fingerprint density at radius 1 is 1.11 bits per heavy atom. The number of nitrogens with one attached hydrogen (secondary N) is 1. The van der Waals surface area contributed by atoms with Crippen LogP contribution < -0.4 is 9.62 Å². The Labute approximate surface area is 166 Å². The zero-order chi connectivity index (χ0) is 21.1. The van der Waals surface area contributed by atoms with Gasteiger partial charge in [0.2, 0.25) is 15.9 Å². The van der Waals surface area contributed by atoms with Crippen molar-refractivity contribution in [3.05, 3.63) is 64.7 Å². The van der Waals surface area contributed by atoms with Gasteiger partial charge in [0.15, 0.2) is 5.78 Å². The lowest BCUT2D eigenvalue weighted by molar-refractivity contribution is -0.120. The van der Waals surface area contributed by atoms with Gasteiger partial charge in [-0.05, 0) is 51.0 Å². The van der Waals surface area contributed by atoms with Crippen LogP contribution in [0.1, 0.15) is 46.9 Å². The molecule has 1 amide bonds. The number of nitrogens with zero attached hydrogens (tertiary/aromatic N) is 1. The van der Waals surface area contributed by atoms with Crippen molar-refractivity contribution in [2.24, 2.45) is 0 Å². The Bertz CT molecular complexity index is 999. The van der Waals surface area contributed by atoms with E-state index in [1.165, 1.54) is 13.0 Å². The molecular weight excluding hydrogens is 376 g/mol. The molecule has 0 saturated heterocycles. The minimum absolute atomic E-state index is 0.178. The Morgan fingerprint density at radius 3 is 2.39 bits per heavy atom. The van der Waals surface area contributed by atoms with Gasteiger partial charge in [0.25, 0.3) is 0 Å². The molecule has 0 aliphatic carbocycles. The Balaban J connectivity index is 2.23. The van der Waals surface area contributed by atoms with Crippen molar-refractivity contribution in [3.63, 3.8) is 0 Å². The third kappa shape index (κ3) is 5.42. The Kier molecular flexibility index (Phi) is 6.61. The summed E-state index contributed by atoms with van der Waals surface area (Å²) in [6.07, 6.45) is 1.04. The Morgan fingerprint density at radius 2 is 1.79 bits per heavy atom. The molecular formula is C21H26N2O4S. The van der Waals surface area contributed by atoms with Crippen LogP contribution in [-0.2, 0) is 14.8 Å². The van der Waals surface area contributed by atoms with Gasteiger partial charge in [-0.15, -0.1) is 0 Å². The average Bonchev–Trinajstić information content (AvgIpc) is 2.60.